The van der Waals surface area contributed by atoms with Crippen molar-refractivity contribution in [3.63, 3.8) is 0 Å². The predicted octanol–water partition coefficient (Wildman–Crippen LogP) is 3.05. The highest BCUT2D eigenvalue weighted by atomic mass is 32.1. The topological polar surface area (TPSA) is 101 Å². The highest BCUT2D eigenvalue weighted by Gasteiger charge is 2.38. The highest BCUT2D eigenvalue weighted by molar-refractivity contribution is 7.08. The molecule has 4 rings (SSSR count). The first-order valence-corrected chi connectivity index (χ1v) is 10.2. The van der Waals surface area contributed by atoms with Crippen molar-refractivity contribution in [2.45, 2.75) is 19.2 Å². The van der Waals surface area contributed by atoms with E-state index in [0.717, 1.165) is 15.9 Å². The number of benzene rings is 1. The summed E-state index contributed by atoms with van der Waals surface area (Å²) in [5.74, 6) is -0.0207. The van der Waals surface area contributed by atoms with Crippen LogP contribution in [0, 0.1) is 0 Å². The number of ether oxygens (including phenoxy) is 1. The maximum atomic E-state index is 13.4. The standard InChI is InChI=1S/C20H16F3N5O3S/c21-20(22,23)17-14(15-3-1-2-10-28(15)27-17)11-31-13-6-4-12(5-7-13)18(29)24-9-8-16-25-26-19(30)32-16/h1-7,10H,8-9,11H2,(H,24,29)(H,26,30). The van der Waals surface area contributed by atoms with E-state index in [2.05, 4.69) is 20.6 Å². The summed E-state index contributed by atoms with van der Waals surface area (Å²) in [6.45, 7) is -0.0345. The Morgan fingerprint density at radius 2 is 1.97 bits per heavy atom. The van der Waals surface area contributed by atoms with E-state index in [-0.39, 0.29) is 23.0 Å². The van der Waals surface area contributed by atoms with Gasteiger partial charge < -0.3 is 10.1 Å². The molecule has 0 aliphatic rings. The number of hydrogen-bond acceptors (Lipinski definition) is 6. The lowest BCUT2D eigenvalue weighted by Crippen LogP contribution is -2.25. The van der Waals surface area contributed by atoms with Gasteiger partial charge in [-0.25, -0.2) is 9.61 Å². The summed E-state index contributed by atoms with van der Waals surface area (Å²) < 4.78 is 46.8. The fraction of sp³-hybridized carbons (Fsp3) is 0.200. The molecule has 0 spiro atoms. The van der Waals surface area contributed by atoms with E-state index in [1.54, 1.807) is 12.1 Å². The van der Waals surface area contributed by atoms with Gasteiger partial charge in [0.05, 0.1) is 5.52 Å². The average Bonchev–Trinajstić information content (AvgIpc) is 3.35. The second kappa shape index (κ2) is 8.83. The van der Waals surface area contributed by atoms with Crippen LogP contribution in [0.5, 0.6) is 5.75 Å². The molecule has 1 amide bonds. The molecule has 0 atom stereocenters. The van der Waals surface area contributed by atoms with Crippen LogP contribution in [0.3, 0.4) is 0 Å². The number of nitrogens with one attached hydrogen (secondary N) is 2. The molecule has 0 saturated heterocycles. The highest BCUT2D eigenvalue weighted by Crippen LogP contribution is 2.33. The Hall–Kier alpha value is -3.67. The molecular weight excluding hydrogens is 447 g/mol. The van der Waals surface area contributed by atoms with Crippen molar-refractivity contribution in [1.82, 2.24) is 25.1 Å². The number of aromatic nitrogens is 4. The monoisotopic (exact) mass is 463 g/mol. The van der Waals surface area contributed by atoms with E-state index in [4.69, 9.17) is 4.74 Å². The zero-order valence-electron chi connectivity index (χ0n) is 16.3. The number of nitrogens with zero attached hydrogens (tertiary/aromatic N) is 3. The molecule has 2 N–H and O–H groups in total. The van der Waals surface area contributed by atoms with E-state index in [0.29, 0.717) is 34.8 Å². The number of H-pyrrole nitrogens is 1. The van der Waals surface area contributed by atoms with E-state index < -0.39 is 11.9 Å². The third-order valence-corrected chi connectivity index (χ3v) is 5.32. The minimum absolute atomic E-state index is 0.0689. The Kier molecular flexibility index (Phi) is 5.95. The third-order valence-electron chi connectivity index (χ3n) is 4.52. The number of aromatic amines is 1. The molecule has 166 valence electrons. The number of rotatable bonds is 7. The fourth-order valence-electron chi connectivity index (χ4n) is 3.03. The molecule has 3 heterocycles. The Morgan fingerprint density at radius 3 is 2.66 bits per heavy atom. The van der Waals surface area contributed by atoms with Crippen molar-refractivity contribution in [3.05, 3.63) is 80.2 Å². The van der Waals surface area contributed by atoms with Gasteiger partial charge in [-0.3, -0.25) is 9.59 Å². The van der Waals surface area contributed by atoms with Crippen LogP contribution in [-0.4, -0.2) is 32.3 Å². The van der Waals surface area contributed by atoms with Gasteiger partial charge in [0.25, 0.3) is 5.91 Å². The average molecular weight is 463 g/mol. The van der Waals surface area contributed by atoms with Gasteiger partial charge in [0.1, 0.15) is 17.4 Å². The lowest BCUT2D eigenvalue weighted by Gasteiger charge is -2.10. The number of carbonyl (C=O) groups is 1. The number of carbonyl (C=O) groups excluding carboxylic acids is 1. The van der Waals surface area contributed by atoms with Crippen LogP contribution in [0.4, 0.5) is 13.2 Å². The Bertz CT molecular complexity index is 1290. The van der Waals surface area contributed by atoms with Gasteiger partial charge >= 0.3 is 11.0 Å². The molecule has 1 aromatic carbocycles. The normalized spacial score (nSPS) is 11.6. The third kappa shape index (κ3) is 4.80. The molecule has 4 aromatic rings. The first-order chi connectivity index (χ1) is 15.3. The molecule has 12 heteroatoms. The van der Waals surface area contributed by atoms with Crippen molar-refractivity contribution in [3.8, 4) is 5.75 Å². The van der Waals surface area contributed by atoms with Crippen LogP contribution >= 0.6 is 11.3 Å². The van der Waals surface area contributed by atoms with Gasteiger partial charge in [0.2, 0.25) is 0 Å². The minimum atomic E-state index is -4.61. The summed E-state index contributed by atoms with van der Waals surface area (Å²) in [5.41, 5.74) is -0.403. The zero-order chi connectivity index (χ0) is 22.7. The first-order valence-electron chi connectivity index (χ1n) is 9.40. The number of hydrogen-bond donors (Lipinski definition) is 2. The fourth-order valence-corrected chi connectivity index (χ4v) is 3.63. The molecule has 0 radical (unpaired) electrons. The smallest absolute Gasteiger partial charge is 0.435 e. The lowest BCUT2D eigenvalue weighted by molar-refractivity contribution is -0.142. The molecule has 0 aliphatic carbocycles. The molecule has 3 aromatic heterocycles. The van der Waals surface area contributed by atoms with Crippen molar-refractivity contribution in [2.24, 2.45) is 0 Å². The van der Waals surface area contributed by atoms with Crippen LogP contribution < -0.4 is 14.9 Å². The minimum Gasteiger partial charge on any atom is -0.489 e. The summed E-state index contributed by atoms with van der Waals surface area (Å²) in [4.78, 5) is 23.0. The van der Waals surface area contributed by atoms with Gasteiger partial charge in [-0.15, -0.1) is 0 Å². The molecule has 32 heavy (non-hydrogen) atoms. The van der Waals surface area contributed by atoms with Crippen molar-refractivity contribution < 1.29 is 22.7 Å². The van der Waals surface area contributed by atoms with Gasteiger partial charge in [-0.05, 0) is 36.4 Å². The van der Waals surface area contributed by atoms with Crippen molar-refractivity contribution in [1.29, 1.82) is 0 Å². The molecule has 0 fully saturated rings. The van der Waals surface area contributed by atoms with Gasteiger partial charge in [-0.1, -0.05) is 17.4 Å². The van der Waals surface area contributed by atoms with E-state index in [1.807, 2.05) is 0 Å². The zero-order valence-corrected chi connectivity index (χ0v) is 17.2. The van der Waals surface area contributed by atoms with Crippen LogP contribution in [0.15, 0.2) is 53.5 Å². The SMILES string of the molecule is O=C(NCCc1n[nH]c(=O)s1)c1ccc(OCc2c(C(F)(F)F)nn3ccccc23)cc1. The molecule has 0 aliphatic heterocycles. The van der Waals surface area contributed by atoms with Crippen molar-refractivity contribution >= 4 is 22.8 Å². The maximum absolute atomic E-state index is 13.4. The molecule has 8 nitrogen and oxygen atoms in total. The summed E-state index contributed by atoms with van der Waals surface area (Å²) in [7, 11) is 0. The van der Waals surface area contributed by atoms with E-state index in [1.165, 1.54) is 36.5 Å². The molecular formula is C20H16F3N5O3S. The van der Waals surface area contributed by atoms with Crippen LogP contribution in [-0.2, 0) is 19.2 Å². The van der Waals surface area contributed by atoms with E-state index in [9.17, 15) is 22.8 Å². The number of alkyl halides is 3. The van der Waals surface area contributed by atoms with Crippen LogP contribution in [0.1, 0.15) is 26.6 Å². The molecule has 0 bridgehead atoms. The summed E-state index contributed by atoms with van der Waals surface area (Å²) in [6, 6.07) is 10.8. The van der Waals surface area contributed by atoms with Crippen LogP contribution in [0.25, 0.3) is 5.52 Å². The number of fused-ring (bicyclic) bond motifs is 1. The van der Waals surface area contributed by atoms with Gasteiger partial charge in [-0.2, -0.15) is 23.4 Å². The second-order valence-electron chi connectivity index (χ2n) is 6.68. The molecule has 0 unspecified atom stereocenters. The van der Waals surface area contributed by atoms with Gasteiger partial charge in [0, 0.05) is 30.3 Å². The second-order valence-corrected chi connectivity index (χ2v) is 7.73. The van der Waals surface area contributed by atoms with Crippen molar-refractivity contribution in [2.75, 3.05) is 6.54 Å². The van der Waals surface area contributed by atoms with E-state index >= 15 is 0 Å². The summed E-state index contributed by atoms with van der Waals surface area (Å²) >= 11 is 0.978. The summed E-state index contributed by atoms with van der Waals surface area (Å²) in [6.07, 6.45) is -2.76. The number of pyridine rings is 1. The quantitative estimate of drug-likeness (QED) is 0.439. The summed E-state index contributed by atoms with van der Waals surface area (Å²) in [5, 5.41) is 13.0. The molecule has 0 saturated carbocycles. The Morgan fingerprint density at radius 1 is 1.19 bits per heavy atom. The van der Waals surface area contributed by atoms with Crippen LogP contribution in [0.2, 0.25) is 0 Å². The number of amides is 1. The number of halogens is 3. The first kappa shape index (κ1) is 21.6. The predicted molar refractivity (Wildman–Crippen MR) is 110 cm³/mol. The maximum Gasteiger partial charge on any atom is 0.435 e. The largest absolute Gasteiger partial charge is 0.489 e. The Labute approximate surface area is 182 Å². The van der Waals surface area contributed by atoms with Gasteiger partial charge in [0.15, 0.2) is 5.69 Å². The lowest BCUT2D eigenvalue weighted by atomic mass is 10.2. The Balaban J connectivity index is 1.39.